The van der Waals surface area contributed by atoms with E-state index in [0.717, 1.165) is 46.8 Å². The highest BCUT2D eigenvalue weighted by Crippen LogP contribution is 2.40. The molecule has 1 aliphatic rings. The fourth-order valence-corrected chi connectivity index (χ4v) is 3.99. The highest BCUT2D eigenvalue weighted by Gasteiger charge is 2.21. The molecule has 1 saturated heterocycles. The molecule has 0 aliphatic carbocycles. The second-order valence-corrected chi connectivity index (χ2v) is 6.69. The number of hydrogen-bond acceptors (Lipinski definition) is 3. The zero-order valence-electron chi connectivity index (χ0n) is 14.0. The van der Waals surface area contributed by atoms with E-state index >= 15 is 0 Å². The van der Waals surface area contributed by atoms with Gasteiger partial charge < -0.3 is 15.6 Å². The van der Waals surface area contributed by atoms with Gasteiger partial charge in [-0.05, 0) is 25.0 Å². The third kappa shape index (κ3) is 2.18. The molecule has 1 aliphatic heterocycles. The van der Waals surface area contributed by atoms with Crippen LogP contribution in [0.5, 0.6) is 0 Å². The van der Waals surface area contributed by atoms with E-state index in [1.807, 2.05) is 12.3 Å². The quantitative estimate of drug-likeness (QED) is 0.567. The summed E-state index contributed by atoms with van der Waals surface area (Å²) in [5.74, 6) is 1.00. The van der Waals surface area contributed by atoms with Gasteiger partial charge in [-0.2, -0.15) is 0 Å². The number of fused-ring (bicyclic) bond motifs is 3. The topological polar surface area (TPSA) is 57.9 Å². The lowest BCUT2D eigenvalue weighted by Gasteiger charge is -2.21. The number of pyridine rings is 1. The summed E-state index contributed by atoms with van der Waals surface area (Å²) in [6.07, 6.45) is 4.25. The molecule has 0 bridgehead atoms. The number of nitrogens with zero attached hydrogens (tertiary/aromatic N) is 2. The predicted octanol–water partition coefficient (Wildman–Crippen LogP) is 4.57. The third-order valence-electron chi connectivity index (χ3n) is 5.18. The van der Waals surface area contributed by atoms with Gasteiger partial charge in [-0.1, -0.05) is 36.4 Å². The Hall–Kier alpha value is -3.01. The summed E-state index contributed by atoms with van der Waals surface area (Å²) >= 11 is 0. The van der Waals surface area contributed by atoms with Gasteiger partial charge in [0.15, 0.2) is 0 Å². The number of hydrogen-bond donors (Lipinski definition) is 2. The first-order valence-corrected chi connectivity index (χ1v) is 8.82. The molecule has 124 valence electrons. The average molecular weight is 328 g/mol. The van der Waals surface area contributed by atoms with Crippen LogP contribution < -0.4 is 10.6 Å². The number of para-hydroxylation sites is 2. The van der Waals surface area contributed by atoms with Crippen LogP contribution in [0, 0.1) is 0 Å². The molecule has 0 spiro atoms. The number of rotatable bonds is 2. The Morgan fingerprint density at radius 1 is 0.920 bits per heavy atom. The standard InChI is InChI=1S/C21H20N4/c22-17-10-11-23-21(25-12-3-4-13-25)19(17)16-8-5-7-15-14-6-1-2-9-18(14)24-20(15)16/h1-2,5-11,24H,3-4,12-13H2,(H2,22,23). The zero-order chi connectivity index (χ0) is 16.8. The molecule has 25 heavy (non-hydrogen) atoms. The van der Waals surface area contributed by atoms with Crippen LogP contribution in [0.25, 0.3) is 32.9 Å². The van der Waals surface area contributed by atoms with Crippen LogP contribution in [0.4, 0.5) is 11.5 Å². The van der Waals surface area contributed by atoms with Crippen molar-refractivity contribution in [1.82, 2.24) is 9.97 Å². The molecule has 3 N–H and O–H groups in total. The number of nitrogens with two attached hydrogens (primary N) is 1. The molecule has 0 saturated carbocycles. The first-order valence-electron chi connectivity index (χ1n) is 8.82. The first-order chi connectivity index (χ1) is 12.3. The van der Waals surface area contributed by atoms with E-state index in [2.05, 4.69) is 52.3 Å². The van der Waals surface area contributed by atoms with Gasteiger partial charge in [-0.25, -0.2) is 4.98 Å². The Morgan fingerprint density at radius 2 is 1.72 bits per heavy atom. The monoisotopic (exact) mass is 328 g/mol. The Morgan fingerprint density at radius 3 is 2.60 bits per heavy atom. The molecule has 4 aromatic rings. The Bertz CT molecular complexity index is 1070. The van der Waals surface area contributed by atoms with Gasteiger partial charge in [-0.15, -0.1) is 0 Å². The van der Waals surface area contributed by atoms with E-state index < -0.39 is 0 Å². The molecule has 3 heterocycles. The molecule has 2 aromatic carbocycles. The van der Waals surface area contributed by atoms with Crippen molar-refractivity contribution in [2.75, 3.05) is 23.7 Å². The van der Waals surface area contributed by atoms with Gasteiger partial charge in [0.2, 0.25) is 0 Å². The van der Waals surface area contributed by atoms with Crippen molar-refractivity contribution in [3.05, 3.63) is 54.7 Å². The molecule has 4 heteroatoms. The van der Waals surface area contributed by atoms with E-state index in [1.165, 1.54) is 23.6 Å². The fraction of sp³-hybridized carbons (Fsp3) is 0.190. The van der Waals surface area contributed by atoms with Crippen LogP contribution in [0.15, 0.2) is 54.7 Å². The number of aromatic nitrogens is 2. The lowest BCUT2D eigenvalue weighted by atomic mass is 10.0. The van der Waals surface area contributed by atoms with Gasteiger partial charge in [0.1, 0.15) is 5.82 Å². The summed E-state index contributed by atoms with van der Waals surface area (Å²) in [6.45, 7) is 2.10. The van der Waals surface area contributed by atoms with E-state index in [4.69, 9.17) is 10.7 Å². The van der Waals surface area contributed by atoms with Crippen molar-refractivity contribution in [2.24, 2.45) is 0 Å². The Kier molecular flexibility index (Phi) is 3.17. The van der Waals surface area contributed by atoms with Crippen LogP contribution in [0.2, 0.25) is 0 Å². The average Bonchev–Trinajstić information content (AvgIpc) is 3.29. The van der Waals surface area contributed by atoms with Gasteiger partial charge in [0.05, 0.1) is 5.52 Å². The summed E-state index contributed by atoms with van der Waals surface area (Å²) in [5, 5.41) is 2.47. The van der Waals surface area contributed by atoms with Crippen molar-refractivity contribution in [1.29, 1.82) is 0 Å². The highest BCUT2D eigenvalue weighted by molar-refractivity contribution is 6.13. The maximum atomic E-state index is 6.43. The smallest absolute Gasteiger partial charge is 0.138 e. The minimum Gasteiger partial charge on any atom is -0.398 e. The lowest BCUT2D eigenvalue weighted by molar-refractivity contribution is 0.940. The predicted molar refractivity (Wildman–Crippen MR) is 105 cm³/mol. The number of anilines is 2. The van der Waals surface area contributed by atoms with Crippen LogP contribution >= 0.6 is 0 Å². The maximum Gasteiger partial charge on any atom is 0.138 e. The SMILES string of the molecule is Nc1ccnc(N2CCCC2)c1-c1cccc2c1[nH]c1ccccc12. The number of nitrogen functional groups attached to an aromatic ring is 1. The van der Waals surface area contributed by atoms with E-state index in [1.54, 1.807) is 0 Å². The second-order valence-electron chi connectivity index (χ2n) is 6.69. The summed E-state index contributed by atoms with van der Waals surface area (Å²) in [7, 11) is 0. The Balaban J connectivity index is 1.82. The molecule has 0 radical (unpaired) electrons. The molecule has 1 fully saturated rings. The first kappa shape index (κ1) is 14.3. The van der Waals surface area contributed by atoms with Crippen molar-refractivity contribution < 1.29 is 0 Å². The van der Waals surface area contributed by atoms with Crippen LogP contribution in [0.3, 0.4) is 0 Å². The molecule has 4 nitrogen and oxygen atoms in total. The number of nitrogens with one attached hydrogen (secondary N) is 1. The van der Waals surface area contributed by atoms with Gasteiger partial charge >= 0.3 is 0 Å². The number of H-pyrrole nitrogens is 1. The fourth-order valence-electron chi connectivity index (χ4n) is 3.99. The molecule has 0 unspecified atom stereocenters. The highest BCUT2D eigenvalue weighted by atomic mass is 15.2. The van der Waals surface area contributed by atoms with Gasteiger partial charge in [-0.3, -0.25) is 0 Å². The van der Waals surface area contributed by atoms with Gasteiger partial charge in [0.25, 0.3) is 0 Å². The van der Waals surface area contributed by atoms with E-state index in [0.29, 0.717) is 0 Å². The van der Waals surface area contributed by atoms with E-state index in [9.17, 15) is 0 Å². The molecule has 0 amide bonds. The normalized spacial score (nSPS) is 14.6. The lowest BCUT2D eigenvalue weighted by Crippen LogP contribution is -2.20. The molecular formula is C21H20N4. The summed E-state index contributed by atoms with van der Waals surface area (Å²) in [6, 6.07) is 16.7. The van der Waals surface area contributed by atoms with Crippen LogP contribution in [-0.4, -0.2) is 23.1 Å². The molecule has 2 aromatic heterocycles. The van der Waals surface area contributed by atoms with Crippen molar-refractivity contribution in [3.63, 3.8) is 0 Å². The summed E-state index contributed by atoms with van der Waals surface area (Å²) in [4.78, 5) is 10.6. The van der Waals surface area contributed by atoms with Crippen molar-refractivity contribution in [2.45, 2.75) is 12.8 Å². The minimum atomic E-state index is 0.781. The van der Waals surface area contributed by atoms with Crippen molar-refractivity contribution >= 4 is 33.3 Å². The van der Waals surface area contributed by atoms with Gasteiger partial charge in [0, 0.05) is 52.4 Å². The molecular weight excluding hydrogens is 308 g/mol. The summed E-state index contributed by atoms with van der Waals surface area (Å²) in [5.41, 5.74) is 11.7. The summed E-state index contributed by atoms with van der Waals surface area (Å²) < 4.78 is 0. The third-order valence-corrected chi connectivity index (χ3v) is 5.18. The number of benzene rings is 2. The second kappa shape index (κ2) is 5.52. The Labute approximate surface area is 146 Å². The van der Waals surface area contributed by atoms with Crippen LogP contribution in [0.1, 0.15) is 12.8 Å². The largest absolute Gasteiger partial charge is 0.398 e. The van der Waals surface area contributed by atoms with Crippen molar-refractivity contribution in [3.8, 4) is 11.1 Å². The van der Waals surface area contributed by atoms with Crippen LogP contribution in [-0.2, 0) is 0 Å². The molecule has 5 rings (SSSR count). The molecule has 0 atom stereocenters. The van der Waals surface area contributed by atoms with E-state index in [-0.39, 0.29) is 0 Å². The number of aromatic amines is 1. The maximum absolute atomic E-state index is 6.43. The zero-order valence-corrected chi connectivity index (χ0v) is 14.0. The minimum absolute atomic E-state index is 0.781.